The first-order chi connectivity index (χ1) is 9.84. The molecular weight excluding hydrogens is 316 g/mol. The van der Waals surface area contributed by atoms with Crippen molar-refractivity contribution in [1.29, 1.82) is 0 Å². The van der Waals surface area contributed by atoms with Gasteiger partial charge in [-0.1, -0.05) is 17.7 Å². The molecule has 6 nitrogen and oxygen atoms in total. The smallest absolute Gasteiger partial charge is 0.248 e. The van der Waals surface area contributed by atoms with Crippen molar-refractivity contribution in [2.45, 2.75) is 24.0 Å². The third-order valence-corrected chi connectivity index (χ3v) is 6.26. The van der Waals surface area contributed by atoms with Crippen LogP contribution in [0.2, 0.25) is 5.15 Å². The molecule has 1 aromatic rings. The summed E-state index contributed by atoms with van der Waals surface area (Å²) in [6.45, 7) is 0. The minimum absolute atomic E-state index is 0.241. The van der Waals surface area contributed by atoms with Crippen molar-refractivity contribution < 1.29 is 18.0 Å². The summed E-state index contributed by atoms with van der Waals surface area (Å²) in [6, 6.07) is 3.02. The maximum atomic E-state index is 12.4. The van der Waals surface area contributed by atoms with Gasteiger partial charge in [0.15, 0.2) is 11.0 Å². The fourth-order valence-corrected chi connectivity index (χ4v) is 4.51. The molecule has 2 atom stereocenters. The molecule has 1 saturated heterocycles. The number of carbonyl (C=O) groups is 2. The SMILES string of the molecule is CN1C(=O)[C@@H](c2ccc(Cl)nc2)[C@H](C(=O)C2CC2)S1(=O)=O. The number of rotatable bonds is 3. The van der Waals surface area contributed by atoms with E-state index in [9.17, 15) is 18.0 Å². The molecule has 2 aliphatic rings. The standard InChI is InChI=1S/C13H13ClN2O4S/c1-16-13(18)10(8-4-5-9(14)15-6-8)12(21(16,19)20)11(17)7-2-3-7/h4-7,10,12H,2-3H2,1H3/t10-,12+/m0/s1. The van der Waals surface area contributed by atoms with E-state index in [0.29, 0.717) is 22.7 Å². The third kappa shape index (κ3) is 2.24. The molecule has 0 N–H and O–H groups in total. The first-order valence-corrected chi connectivity index (χ1v) is 8.39. The van der Waals surface area contributed by atoms with Crippen LogP contribution in [0, 0.1) is 5.92 Å². The van der Waals surface area contributed by atoms with Gasteiger partial charge in [0.1, 0.15) is 5.15 Å². The van der Waals surface area contributed by atoms with Gasteiger partial charge >= 0.3 is 0 Å². The Morgan fingerprint density at radius 3 is 2.57 bits per heavy atom. The van der Waals surface area contributed by atoms with E-state index < -0.39 is 27.1 Å². The molecule has 2 heterocycles. The van der Waals surface area contributed by atoms with Crippen molar-refractivity contribution >= 4 is 33.3 Å². The molecule has 8 heteroatoms. The Balaban J connectivity index is 2.08. The molecule has 0 radical (unpaired) electrons. The molecule has 1 aliphatic carbocycles. The van der Waals surface area contributed by atoms with Crippen LogP contribution in [0.25, 0.3) is 0 Å². The van der Waals surface area contributed by atoms with Gasteiger partial charge < -0.3 is 0 Å². The van der Waals surface area contributed by atoms with E-state index >= 15 is 0 Å². The monoisotopic (exact) mass is 328 g/mol. The average molecular weight is 329 g/mol. The second-order valence-electron chi connectivity index (χ2n) is 5.34. The van der Waals surface area contributed by atoms with E-state index in [1.54, 1.807) is 6.07 Å². The number of aromatic nitrogens is 1. The lowest BCUT2D eigenvalue weighted by atomic mass is 9.92. The summed E-state index contributed by atoms with van der Waals surface area (Å²) in [4.78, 5) is 28.5. The summed E-state index contributed by atoms with van der Waals surface area (Å²) in [7, 11) is -2.76. The van der Waals surface area contributed by atoms with E-state index in [-0.39, 0.29) is 16.9 Å². The Bertz CT molecular complexity index is 712. The lowest BCUT2D eigenvalue weighted by molar-refractivity contribution is -0.128. The lowest BCUT2D eigenvalue weighted by Gasteiger charge is -2.14. The van der Waals surface area contributed by atoms with E-state index in [1.165, 1.54) is 19.3 Å². The van der Waals surface area contributed by atoms with Crippen molar-refractivity contribution in [2.24, 2.45) is 5.92 Å². The summed E-state index contributed by atoms with van der Waals surface area (Å²) in [6.07, 6.45) is 2.73. The maximum Gasteiger partial charge on any atom is 0.248 e. The molecule has 1 aliphatic heterocycles. The molecule has 0 unspecified atom stereocenters. The second kappa shape index (κ2) is 4.78. The molecule has 0 bridgehead atoms. The lowest BCUT2D eigenvalue weighted by Crippen LogP contribution is -2.34. The first kappa shape index (κ1) is 14.5. The van der Waals surface area contributed by atoms with Gasteiger partial charge in [-0.2, -0.15) is 0 Å². The number of halogens is 1. The number of carbonyl (C=O) groups excluding carboxylic acids is 2. The van der Waals surface area contributed by atoms with E-state index in [1.807, 2.05) is 0 Å². The van der Waals surface area contributed by atoms with Crippen LogP contribution in [-0.4, -0.2) is 41.7 Å². The molecule has 3 rings (SSSR count). The zero-order chi connectivity index (χ0) is 15.4. The number of likely N-dealkylation sites (N-methyl/N-ethyl adjacent to an activating group) is 1. The minimum Gasteiger partial charge on any atom is -0.298 e. The van der Waals surface area contributed by atoms with Gasteiger partial charge in [0, 0.05) is 19.2 Å². The molecular formula is C13H13ClN2O4S. The Hall–Kier alpha value is -1.47. The van der Waals surface area contributed by atoms with Gasteiger partial charge in [0.25, 0.3) is 0 Å². The third-order valence-electron chi connectivity index (χ3n) is 3.95. The van der Waals surface area contributed by atoms with Crippen LogP contribution in [0.4, 0.5) is 0 Å². The Morgan fingerprint density at radius 2 is 2.05 bits per heavy atom. The molecule has 1 aromatic heterocycles. The Morgan fingerprint density at radius 1 is 1.38 bits per heavy atom. The van der Waals surface area contributed by atoms with Crippen LogP contribution in [0.15, 0.2) is 18.3 Å². The zero-order valence-corrected chi connectivity index (χ0v) is 12.8. The normalized spacial score (nSPS) is 27.9. The van der Waals surface area contributed by atoms with Gasteiger partial charge in [-0.3, -0.25) is 9.59 Å². The molecule has 112 valence electrons. The van der Waals surface area contributed by atoms with Crippen molar-refractivity contribution in [3.8, 4) is 0 Å². The van der Waals surface area contributed by atoms with Crippen LogP contribution >= 0.6 is 11.6 Å². The van der Waals surface area contributed by atoms with Crippen LogP contribution in [0.3, 0.4) is 0 Å². The fraction of sp³-hybridized carbons (Fsp3) is 0.462. The highest BCUT2D eigenvalue weighted by molar-refractivity contribution is 7.91. The quantitative estimate of drug-likeness (QED) is 0.772. The number of amides is 1. The number of hydrogen-bond acceptors (Lipinski definition) is 5. The number of pyridine rings is 1. The van der Waals surface area contributed by atoms with Crippen molar-refractivity contribution in [1.82, 2.24) is 9.29 Å². The molecule has 0 aromatic carbocycles. The largest absolute Gasteiger partial charge is 0.298 e. The number of hydrogen-bond donors (Lipinski definition) is 0. The molecule has 0 spiro atoms. The fourth-order valence-electron chi connectivity index (χ4n) is 2.59. The van der Waals surface area contributed by atoms with E-state index in [0.717, 1.165) is 0 Å². The summed E-state index contributed by atoms with van der Waals surface area (Å²) in [5.41, 5.74) is 0.399. The highest BCUT2D eigenvalue weighted by Crippen LogP contribution is 2.41. The summed E-state index contributed by atoms with van der Waals surface area (Å²) >= 11 is 5.71. The van der Waals surface area contributed by atoms with Crippen molar-refractivity contribution in [3.05, 3.63) is 29.0 Å². The zero-order valence-electron chi connectivity index (χ0n) is 11.2. The van der Waals surface area contributed by atoms with Crippen LogP contribution in [-0.2, 0) is 19.6 Å². The molecule has 2 fully saturated rings. The number of sulfonamides is 1. The summed E-state index contributed by atoms with van der Waals surface area (Å²) in [5.74, 6) is -2.24. The van der Waals surface area contributed by atoms with Crippen molar-refractivity contribution in [3.63, 3.8) is 0 Å². The van der Waals surface area contributed by atoms with E-state index in [4.69, 9.17) is 11.6 Å². The highest BCUT2D eigenvalue weighted by Gasteiger charge is 2.57. The van der Waals surface area contributed by atoms with E-state index in [2.05, 4.69) is 4.98 Å². The summed E-state index contributed by atoms with van der Waals surface area (Å²) in [5, 5.41) is -1.10. The van der Waals surface area contributed by atoms with Crippen LogP contribution < -0.4 is 0 Å². The predicted octanol–water partition coefficient (Wildman–Crippen LogP) is 0.968. The second-order valence-corrected chi connectivity index (χ2v) is 7.81. The minimum atomic E-state index is -3.95. The number of Topliss-reactive ketones (excluding diaryl/α,β-unsaturated/α-hetero) is 1. The van der Waals surface area contributed by atoms with Gasteiger partial charge in [0.05, 0.1) is 5.92 Å². The van der Waals surface area contributed by atoms with Crippen molar-refractivity contribution in [2.75, 3.05) is 7.05 Å². The van der Waals surface area contributed by atoms with Crippen LogP contribution in [0.5, 0.6) is 0 Å². The highest BCUT2D eigenvalue weighted by atomic mass is 35.5. The van der Waals surface area contributed by atoms with Gasteiger partial charge in [-0.05, 0) is 24.5 Å². The van der Waals surface area contributed by atoms with Crippen LogP contribution in [0.1, 0.15) is 24.3 Å². The number of nitrogens with zero attached hydrogens (tertiary/aromatic N) is 2. The predicted molar refractivity (Wildman–Crippen MR) is 75.2 cm³/mol. The average Bonchev–Trinajstić information content (AvgIpc) is 3.25. The molecule has 1 amide bonds. The van der Waals surface area contributed by atoms with Gasteiger partial charge in [-0.15, -0.1) is 0 Å². The van der Waals surface area contributed by atoms with Gasteiger partial charge in [0.2, 0.25) is 15.9 Å². The Labute approximate surface area is 127 Å². The number of ketones is 1. The first-order valence-electron chi connectivity index (χ1n) is 6.51. The molecule has 1 saturated carbocycles. The summed E-state index contributed by atoms with van der Waals surface area (Å²) < 4.78 is 25.4. The van der Waals surface area contributed by atoms with Gasteiger partial charge in [-0.25, -0.2) is 17.7 Å². The Kier molecular flexibility index (Phi) is 3.29. The molecule has 21 heavy (non-hydrogen) atoms. The topological polar surface area (TPSA) is 84.4 Å². The maximum absolute atomic E-state index is 12.4.